The Morgan fingerprint density at radius 1 is 1.00 bits per heavy atom. The van der Waals surface area contributed by atoms with Crippen LogP contribution in [0.4, 0.5) is 0 Å². The van der Waals surface area contributed by atoms with Gasteiger partial charge in [0.1, 0.15) is 12.4 Å². The smallest absolute Gasteiger partial charge is 0.313 e. The van der Waals surface area contributed by atoms with Crippen molar-refractivity contribution in [3.05, 3.63) is 71.4 Å². The number of para-hydroxylation sites is 1. The van der Waals surface area contributed by atoms with Crippen LogP contribution in [0.1, 0.15) is 75.1 Å². The van der Waals surface area contributed by atoms with Crippen molar-refractivity contribution in [3.63, 3.8) is 0 Å². The minimum absolute atomic E-state index is 0.106. The highest BCUT2D eigenvalue weighted by molar-refractivity contribution is 5.79. The van der Waals surface area contributed by atoms with Crippen LogP contribution in [0.2, 0.25) is 0 Å². The molecular formula is C30H37NO3. The molecule has 2 aromatic carbocycles. The van der Waals surface area contributed by atoms with E-state index in [1.165, 1.54) is 38.4 Å². The number of ether oxygens (including phenoxy) is 2. The number of esters is 1. The van der Waals surface area contributed by atoms with Crippen LogP contribution < -0.4 is 4.74 Å². The molecule has 0 bridgehead atoms. The van der Waals surface area contributed by atoms with E-state index in [0.717, 1.165) is 47.2 Å². The Labute approximate surface area is 203 Å². The molecule has 1 aliphatic rings. The van der Waals surface area contributed by atoms with Gasteiger partial charge in [0.2, 0.25) is 0 Å². The monoisotopic (exact) mass is 459 g/mol. The number of rotatable bonds is 8. The molecule has 0 aliphatic heterocycles. The van der Waals surface area contributed by atoms with Crippen molar-refractivity contribution >= 4 is 16.9 Å². The highest BCUT2D eigenvalue weighted by Crippen LogP contribution is 2.39. The summed E-state index contributed by atoms with van der Waals surface area (Å²) in [5.41, 5.74) is 4.19. The number of hydrogen-bond donors (Lipinski definition) is 0. The largest absolute Gasteiger partial charge is 0.487 e. The van der Waals surface area contributed by atoms with E-state index in [1.807, 2.05) is 30.3 Å². The number of methoxy groups -OCH3 is 1. The van der Waals surface area contributed by atoms with Crippen LogP contribution in [0, 0.1) is 11.8 Å². The summed E-state index contributed by atoms with van der Waals surface area (Å²) in [7, 11) is 1.52. The third kappa shape index (κ3) is 5.97. The number of nitrogens with zero attached hydrogens (tertiary/aromatic N) is 1. The van der Waals surface area contributed by atoms with E-state index in [1.54, 1.807) is 0 Å². The van der Waals surface area contributed by atoms with Crippen molar-refractivity contribution in [1.82, 2.24) is 4.98 Å². The van der Waals surface area contributed by atoms with Crippen molar-refractivity contribution in [2.24, 2.45) is 11.8 Å². The van der Waals surface area contributed by atoms with Gasteiger partial charge in [-0.15, -0.1) is 0 Å². The number of carbonyl (C=O) groups excluding carboxylic acids is 1. The average molecular weight is 460 g/mol. The third-order valence-electron chi connectivity index (χ3n) is 6.95. The second-order valence-corrected chi connectivity index (χ2v) is 10.00. The van der Waals surface area contributed by atoms with E-state index >= 15 is 0 Å². The lowest BCUT2D eigenvalue weighted by molar-refractivity contribution is -0.144. The Balaban J connectivity index is 1.59. The summed E-state index contributed by atoms with van der Waals surface area (Å²) in [5, 5.41) is 1.13. The molecule has 4 heteroatoms. The number of benzene rings is 2. The number of aromatic nitrogens is 1. The summed E-state index contributed by atoms with van der Waals surface area (Å²) in [4.78, 5) is 17.7. The molecule has 4 rings (SSSR count). The second-order valence-electron chi connectivity index (χ2n) is 10.00. The zero-order chi connectivity index (χ0) is 23.9. The molecule has 1 fully saturated rings. The SMILES string of the molecule is COC(=O)C(c1ccc(OCc2ccc3ccccc3n2)cc1CC(C)C)C1CCCCCC1. The molecule has 0 N–H and O–H groups in total. The highest BCUT2D eigenvalue weighted by Gasteiger charge is 2.33. The molecule has 4 nitrogen and oxygen atoms in total. The Hall–Kier alpha value is -2.88. The first kappa shape index (κ1) is 24.3. The Kier molecular flexibility index (Phi) is 8.21. The molecule has 1 aliphatic carbocycles. The predicted octanol–water partition coefficient (Wildman–Crippen LogP) is 7.24. The minimum Gasteiger partial charge on any atom is -0.487 e. The minimum atomic E-state index is -0.201. The van der Waals surface area contributed by atoms with Crippen LogP contribution in [-0.4, -0.2) is 18.1 Å². The maximum atomic E-state index is 13.0. The normalized spacial score (nSPS) is 15.8. The summed E-state index contributed by atoms with van der Waals surface area (Å²) in [5.74, 6) is 1.33. The number of fused-ring (bicyclic) bond motifs is 1. The molecule has 0 spiro atoms. The van der Waals surface area contributed by atoms with Gasteiger partial charge in [0.25, 0.3) is 0 Å². The molecule has 1 atom stereocenters. The fraction of sp³-hybridized carbons (Fsp3) is 0.467. The first-order valence-electron chi connectivity index (χ1n) is 12.7. The Bertz CT molecular complexity index is 1100. The topological polar surface area (TPSA) is 48.4 Å². The molecule has 1 aromatic heterocycles. The van der Waals surface area contributed by atoms with Crippen molar-refractivity contribution in [2.45, 2.75) is 71.3 Å². The highest BCUT2D eigenvalue weighted by atomic mass is 16.5. The molecule has 1 unspecified atom stereocenters. The number of hydrogen-bond acceptors (Lipinski definition) is 4. The van der Waals surface area contributed by atoms with E-state index in [-0.39, 0.29) is 11.9 Å². The van der Waals surface area contributed by atoms with Crippen LogP contribution in [0.15, 0.2) is 54.6 Å². The Morgan fingerprint density at radius 2 is 1.76 bits per heavy atom. The van der Waals surface area contributed by atoms with Gasteiger partial charge in [-0.1, -0.05) is 69.9 Å². The molecule has 1 heterocycles. The number of pyridine rings is 1. The van der Waals surface area contributed by atoms with Gasteiger partial charge >= 0.3 is 5.97 Å². The lowest BCUT2D eigenvalue weighted by Crippen LogP contribution is -2.24. The van der Waals surface area contributed by atoms with Gasteiger partial charge in [0.05, 0.1) is 24.2 Å². The molecule has 0 radical (unpaired) electrons. The average Bonchev–Trinajstić information content (AvgIpc) is 3.13. The fourth-order valence-electron chi connectivity index (χ4n) is 5.28. The lowest BCUT2D eigenvalue weighted by Gasteiger charge is -2.27. The van der Waals surface area contributed by atoms with E-state index in [0.29, 0.717) is 18.4 Å². The van der Waals surface area contributed by atoms with Gasteiger partial charge in [0, 0.05) is 5.39 Å². The van der Waals surface area contributed by atoms with Crippen LogP contribution in [-0.2, 0) is 22.6 Å². The molecule has 180 valence electrons. The molecule has 1 saturated carbocycles. The lowest BCUT2D eigenvalue weighted by atomic mass is 9.78. The maximum Gasteiger partial charge on any atom is 0.313 e. The first-order valence-corrected chi connectivity index (χ1v) is 12.7. The van der Waals surface area contributed by atoms with Crippen LogP contribution >= 0.6 is 0 Å². The van der Waals surface area contributed by atoms with Gasteiger partial charge in [-0.05, 0) is 66.5 Å². The molecular weight excluding hydrogens is 422 g/mol. The Morgan fingerprint density at radius 3 is 2.50 bits per heavy atom. The van der Waals surface area contributed by atoms with Crippen molar-refractivity contribution in [1.29, 1.82) is 0 Å². The molecule has 34 heavy (non-hydrogen) atoms. The fourth-order valence-corrected chi connectivity index (χ4v) is 5.28. The quantitative estimate of drug-likeness (QED) is 0.263. The first-order chi connectivity index (χ1) is 16.5. The summed E-state index contributed by atoms with van der Waals surface area (Å²) < 4.78 is 11.5. The standard InChI is InChI=1S/C30H37NO3/c1-21(2)18-24-19-26(34-20-25-15-14-22-10-8-9-13-28(22)31-25)16-17-27(24)29(30(32)33-3)23-11-6-4-5-7-12-23/h8-10,13-17,19,21,23,29H,4-7,11-12,18,20H2,1-3H3. The van der Waals surface area contributed by atoms with Crippen LogP contribution in [0.5, 0.6) is 5.75 Å². The summed E-state index contributed by atoms with van der Waals surface area (Å²) in [6.07, 6.45) is 7.99. The van der Waals surface area contributed by atoms with Crippen LogP contribution in [0.3, 0.4) is 0 Å². The number of carbonyl (C=O) groups is 1. The predicted molar refractivity (Wildman–Crippen MR) is 137 cm³/mol. The zero-order valence-corrected chi connectivity index (χ0v) is 20.8. The van der Waals surface area contributed by atoms with Crippen molar-refractivity contribution in [2.75, 3.05) is 7.11 Å². The molecule has 3 aromatic rings. The molecule has 0 amide bonds. The van der Waals surface area contributed by atoms with E-state index in [9.17, 15) is 4.79 Å². The van der Waals surface area contributed by atoms with E-state index < -0.39 is 0 Å². The van der Waals surface area contributed by atoms with Gasteiger partial charge in [-0.25, -0.2) is 4.98 Å². The van der Waals surface area contributed by atoms with E-state index in [2.05, 4.69) is 38.1 Å². The van der Waals surface area contributed by atoms with Gasteiger partial charge in [-0.2, -0.15) is 0 Å². The summed E-state index contributed by atoms with van der Waals surface area (Å²) in [6, 6.07) is 18.5. The van der Waals surface area contributed by atoms with Gasteiger partial charge in [-0.3, -0.25) is 4.79 Å². The van der Waals surface area contributed by atoms with E-state index in [4.69, 9.17) is 14.5 Å². The van der Waals surface area contributed by atoms with Gasteiger partial charge in [0.15, 0.2) is 0 Å². The van der Waals surface area contributed by atoms with Crippen LogP contribution in [0.25, 0.3) is 10.9 Å². The summed E-state index contributed by atoms with van der Waals surface area (Å²) >= 11 is 0. The van der Waals surface area contributed by atoms with Crippen molar-refractivity contribution < 1.29 is 14.3 Å². The molecule has 0 saturated heterocycles. The zero-order valence-electron chi connectivity index (χ0n) is 20.8. The second kappa shape index (κ2) is 11.5. The summed E-state index contributed by atoms with van der Waals surface area (Å²) in [6.45, 7) is 4.85. The van der Waals surface area contributed by atoms with Crippen molar-refractivity contribution in [3.8, 4) is 5.75 Å². The van der Waals surface area contributed by atoms with Gasteiger partial charge < -0.3 is 9.47 Å². The third-order valence-corrected chi connectivity index (χ3v) is 6.95. The maximum absolute atomic E-state index is 13.0.